The Kier molecular flexibility index (Phi) is 9.61. The fraction of sp³-hybridized carbons (Fsp3) is 0.900. The van der Waals surface area contributed by atoms with Gasteiger partial charge in [-0.3, -0.25) is 9.59 Å². The lowest BCUT2D eigenvalue weighted by Crippen LogP contribution is -2.37. The van der Waals surface area contributed by atoms with Gasteiger partial charge in [0.2, 0.25) is 0 Å². The molecule has 0 aliphatic carbocycles. The fourth-order valence-electron chi connectivity index (χ4n) is 4.20. The number of aliphatic carboxylic acids is 2. The van der Waals surface area contributed by atoms with Gasteiger partial charge in [0.1, 0.15) is 0 Å². The summed E-state index contributed by atoms with van der Waals surface area (Å²) in [6.07, 6.45) is 6.11. The summed E-state index contributed by atoms with van der Waals surface area (Å²) in [7, 11) is 0. The Hall–Kier alpha value is -1.06. The lowest BCUT2D eigenvalue weighted by molar-refractivity contribution is -0.153. The van der Waals surface area contributed by atoms with Gasteiger partial charge in [0, 0.05) is 0 Å². The van der Waals surface area contributed by atoms with E-state index in [4.69, 9.17) is 0 Å². The first-order valence-corrected chi connectivity index (χ1v) is 9.51. The molecular formula is C20H38O4. The highest BCUT2D eigenvalue weighted by molar-refractivity contribution is 5.74. The van der Waals surface area contributed by atoms with Gasteiger partial charge in [-0.15, -0.1) is 0 Å². The van der Waals surface area contributed by atoms with Gasteiger partial charge in [0.15, 0.2) is 0 Å². The molecule has 0 aliphatic heterocycles. The Balaban J connectivity index is 5.19. The normalized spacial score (nSPS) is 17.1. The molecule has 3 atom stereocenters. The molecule has 0 saturated carbocycles. The lowest BCUT2D eigenvalue weighted by Gasteiger charge is -2.39. The minimum atomic E-state index is -0.730. The van der Waals surface area contributed by atoms with E-state index in [1.807, 2.05) is 20.8 Å². The Morgan fingerprint density at radius 3 is 2.00 bits per heavy atom. The summed E-state index contributed by atoms with van der Waals surface area (Å²) in [4.78, 5) is 23.5. The Morgan fingerprint density at radius 2 is 1.62 bits per heavy atom. The van der Waals surface area contributed by atoms with Crippen LogP contribution in [0, 0.1) is 22.7 Å². The third kappa shape index (κ3) is 6.82. The maximum absolute atomic E-state index is 12.0. The molecule has 0 radical (unpaired) electrons. The van der Waals surface area contributed by atoms with Crippen LogP contribution in [0.3, 0.4) is 0 Å². The van der Waals surface area contributed by atoms with E-state index in [2.05, 4.69) is 20.8 Å². The predicted molar refractivity (Wildman–Crippen MR) is 98.1 cm³/mol. The fourth-order valence-corrected chi connectivity index (χ4v) is 4.20. The molecular weight excluding hydrogens is 304 g/mol. The van der Waals surface area contributed by atoms with E-state index in [1.54, 1.807) is 0 Å². The molecule has 2 N–H and O–H groups in total. The van der Waals surface area contributed by atoms with Crippen LogP contribution >= 0.6 is 0 Å². The van der Waals surface area contributed by atoms with Crippen LogP contribution in [0.25, 0.3) is 0 Å². The molecule has 0 spiro atoms. The molecule has 0 rings (SSSR count). The number of carboxylic acid groups (broad SMARTS) is 2. The van der Waals surface area contributed by atoms with E-state index in [1.165, 1.54) is 0 Å². The topological polar surface area (TPSA) is 74.6 Å². The van der Waals surface area contributed by atoms with Crippen molar-refractivity contribution in [2.24, 2.45) is 22.7 Å². The number of carbonyl (C=O) groups is 2. The average Bonchev–Trinajstić information content (AvgIpc) is 2.47. The highest BCUT2D eigenvalue weighted by atomic mass is 16.4. The van der Waals surface area contributed by atoms with Crippen molar-refractivity contribution in [2.75, 3.05) is 0 Å². The van der Waals surface area contributed by atoms with E-state index in [9.17, 15) is 19.8 Å². The minimum absolute atomic E-state index is 0.0481. The van der Waals surface area contributed by atoms with Gasteiger partial charge in [-0.2, -0.15) is 0 Å². The van der Waals surface area contributed by atoms with Gasteiger partial charge >= 0.3 is 11.9 Å². The molecule has 4 heteroatoms. The minimum Gasteiger partial charge on any atom is -0.481 e. The molecule has 3 unspecified atom stereocenters. The quantitative estimate of drug-likeness (QED) is 0.457. The molecule has 0 aromatic heterocycles. The van der Waals surface area contributed by atoms with Crippen molar-refractivity contribution in [3.63, 3.8) is 0 Å². The zero-order valence-electron chi connectivity index (χ0n) is 16.5. The lowest BCUT2D eigenvalue weighted by atomic mass is 9.65. The number of hydrogen-bond acceptors (Lipinski definition) is 2. The van der Waals surface area contributed by atoms with Crippen molar-refractivity contribution in [2.45, 2.75) is 92.9 Å². The van der Waals surface area contributed by atoms with Gasteiger partial charge in [-0.25, -0.2) is 0 Å². The van der Waals surface area contributed by atoms with Crippen LogP contribution in [-0.4, -0.2) is 22.2 Å². The summed E-state index contributed by atoms with van der Waals surface area (Å²) in [5, 5.41) is 19.3. The van der Waals surface area contributed by atoms with Gasteiger partial charge in [-0.05, 0) is 43.4 Å². The Labute approximate surface area is 148 Å². The smallest absolute Gasteiger partial charge is 0.309 e. The maximum Gasteiger partial charge on any atom is 0.309 e. The maximum atomic E-state index is 12.0. The second-order valence-electron chi connectivity index (χ2n) is 8.30. The van der Waals surface area contributed by atoms with E-state index in [0.29, 0.717) is 25.7 Å². The molecule has 0 saturated heterocycles. The SMILES string of the molecule is CCCCC(CC)(CC(C)(C)CC(C)C(CCC)C(=O)O)C(=O)O. The van der Waals surface area contributed by atoms with Gasteiger partial charge in [-0.1, -0.05) is 60.8 Å². The Bertz CT molecular complexity index is 402. The zero-order valence-corrected chi connectivity index (χ0v) is 16.5. The van der Waals surface area contributed by atoms with Crippen LogP contribution in [0.4, 0.5) is 0 Å². The standard InChI is InChI=1S/C20H38O4/c1-7-10-12-20(9-3,18(23)24)14-19(5,6)13-15(4)16(11-8-2)17(21)22/h15-16H,7-14H2,1-6H3,(H,21,22)(H,23,24). The number of carboxylic acids is 2. The first kappa shape index (κ1) is 22.9. The van der Waals surface area contributed by atoms with E-state index >= 15 is 0 Å². The molecule has 0 aromatic rings. The summed E-state index contributed by atoms with van der Waals surface area (Å²) in [6.45, 7) is 12.2. The first-order valence-electron chi connectivity index (χ1n) is 9.51. The van der Waals surface area contributed by atoms with Crippen molar-refractivity contribution in [3.8, 4) is 0 Å². The summed E-state index contributed by atoms with van der Waals surface area (Å²) in [6, 6.07) is 0. The second kappa shape index (κ2) is 10.0. The largest absolute Gasteiger partial charge is 0.481 e. The van der Waals surface area contributed by atoms with E-state index in [-0.39, 0.29) is 17.3 Å². The average molecular weight is 343 g/mol. The van der Waals surface area contributed by atoms with Crippen LogP contribution in [-0.2, 0) is 9.59 Å². The van der Waals surface area contributed by atoms with Crippen LogP contribution in [0.5, 0.6) is 0 Å². The monoisotopic (exact) mass is 342 g/mol. The summed E-state index contributed by atoms with van der Waals surface area (Å²) < 4.78 is 0. The molecule has 24 heavy (non-hydrogen) atoms. The Morgan fingerprint density at radius 1 is 1.04 bits per heavy atom. The molecule has 0 amide bonds. The number of rotatable bonds is 13. The van der Waals surface area contributed by atoms with Crippen LogP contribution in [0.1, 0.15) is 92.9 Å². The summed E-state index contributed by atoms with van der Waals surface area (Å²) in [5.74, 6) is -1.73. The number of hydrogen-bond donors (Lipinski definition) is 2. The van der Waals surface area contributed by atoms with Crippen molar-refractivity contribution >= 4 is 11.9 Å². The van der Waals surface area contributed by atoms with Crippen LogP contribution in [0.15, 0.2) is 0 Å². The van der Waals surface area contributed by atoms with Crippen molar-refractivity contribution in [3.05, 3.63) is 0 Å². The van der Waals surface area contributed by atoms with Gasteiger partial charge in [0.25, 0.3) is 0 Å². The predicted octanol–water partition coefficient (Wildman–Crippen LogP) is 5.60. The van der Waals surface area contributed by atoms with Crippen molar-refractivity contribution in [1.29, 1.82) is 0 Å². The van der Waals surface area contributed by atoms with Gasteiger partial charge < -0.3 is 10.2 Å². The zero-order chi connectivity index (χ0) is 19.0. The van der Waals surface area contributed by atoms with E-state index < -0.39 is 17.4 Å². The van der Waals surface area contributed by atoms with E-state index in [0.717, 1.165) is 25.7 Å². The molecule has 142 valence electrons. The van der Waals surface area contributed by atoms with Crippen LogP contribution < -0.4 is 0 Å². The molecule has 0 aliphatic rings. The highest BCUT2D eigenvalue weighted by Gasteiger charge is 2.42. The molecule has 0 heterocycles. The van der Waals surface area contributed by atoms with Crippen molar-refractivity contribution in [1.82, 2.24) is 0 Å². The molecule has 0 aromatic carbocycles. The molecule has 0 bridgehead atoms. The molecule has 4 nitrogen and oxygen atoms in total. The summed E-state index contributed by atoms with van der Waals surface area (Å²) >= 11 is 0. The second-order valence-corrected chi connectivity index (χ2v) is 8.30. The third-order valence-corrected chi connectivity index (χ3v) is 5.43. The first-order chi connectivity index (χ1) is 11.0. The molecule has 0 fully saturated rings. The summed E-state index contributed by atoms with van der Waals surface area (Å²) in [5.41, 5.74) is -0.883. The van der Waals surface area contributed by atoms with Crippen LogP contribution in [0.2, 0.25) is 0 Å². The highest BCUT2D eigenvalue weighted by Crippen LogP contribution is 2.45. The van der Waals surface area contributed by atoms with Crippen molar-refractivity contribution < 1.29 is 19.8 Å². The third-order valence-electron chi connectivity index (χ3n) is 5.43. The van der Waals surface area contributed by atoms with Gasteiger partial charge in [0.05, 0.1) is 11.3 Å². The number of unbranched alkanes of at least 4 members (excludes halogenated alkanes) is 1.